The van der Waals surface area contributed by atoms with Crippen molar-refractivity contribution in [1.82, 2.24) is 20.2 Å². The highest BCUT2D eigenvalue weighted by Crippen LogP contribution is 2.24. The van der Waals surface area contributed by atoms with Gasteiger partial charge >= 0.3 is 0 Å². The summed E-state index contributed by atoms with van der Waals surface area (Å²) in [6.07, 6.45) is 0.765. The summed E-state index contributed by atoms with van der Waals surface area (Å²) in [7, 11) is 1.63. The predicted molar refractivity (Wildman–Crippen MR) is 131 cm³/mol. The van der Waals surface area contributed by atoms with Crippen LogP contribution < -0.4 is 10.2 Å². The molecule has 0 bridgehead atoms. The average Bonchev–Trinajstić information content (AvgIpc) is 2.80. The number of piperazine rings is 1. The van der Waals surface area contributed by atoms with Crippen molar-refractivity contribution < 1.29 is 14.3 Å². The molecule has 1 N–H and O–H groups in total. The Kier molecular flexibility index (Phi) is 9.34. The lowest BCUT2D eigenvalue weighted by Crippen LogP contribution is -2.54. The second kappa shape index (κ2) is 12.2. The number of benzene rings is 1. The van der Waals surface area contributed by atoms with Crippen LogP contribution in [-0.4, -0.2) is 78.4 Å². The van der Waals surface area contributed by atoms with Crippen LogP contribution in [0.15, 0.2) is 35.5 Å². The van der Waals surface area contributed by atoms with E-state index in [1.54, 1.807) is 13.2 Å². The van der Waals surface area contributed by atoms with E-state index < -0.39 is 0 Å². The topological polar surface area (TPSA) is 87.7 Å². The number of ether oxygens (including phenoxy) is 1. The van der Waals surface area contributed by atoms with E-state index in [4.69, 9.17) is 16.3 Å². The van der Waals surface area contributed by atoms with Crippen molar-refractivity contribution in [3.05, 3.63) is 46.6 Å². The molecule has 1 unspecified atom stereocenters. The van der Waals surface area contributed by atoms with Gasteiger partial charge in [0.05, 0.1) is 5.75 Å². The molecule has 1 fully saturated rings. The van der Waals surface area contributed by atoms with E-state index in [9.17, 15) is 9.59 Å². The number of methoxy groups -OCH3 is 1. The largest absolute Gasteiger partial charge is 0.385 e. The number of amides is 2. The van der Waals surface area contributed by atoms with Crippen LogP contribution in [0.4, 0.5) is 5.82 Å². The van der Waals surface area contributed by atoms with Gasteiger partial charge in [-0.1, -0.05) is 41.1 Å². The van der Waals surface area contributed by atoms with Crippen LogP contribution in [0.1, 0.15) is 29.3 Å². The number of hydrogen-bond acceptors (Lipinski definition) is 7. The van der Waals surface area contributed by atoms with Crippen LogP contribution in [0.25, 0.3) is 0 Å². The molecular weight excluding hydrogens is 462 g/mol. The Hall–Kier alpha value is -2.36. The van der Waals surface area contributed by atoms with Crippen molar-refractivity contribution in [2.24, 2.45) is 0 Å². The van der Waals surface area contributed by atoms with Crippen molar-refractivity contribution in [3.63, 3.8) is 0 Å². The Morgan fingerprint density at radius 2 is 2.00 bits per heavy atom. The Morgan fingerprint density at radius 3 is 2.70 bits per heavy atom. The molecule has 1 atom stereocenters. The zero-order chi connectivity index (χ0) is 23.8. The molecule has 0 spiro atoms. The highest BCUT2D eigenvalue weighted by Gasteiger charge is 2.29. The summed E-state index contributed by atoms with van der Waals surface area (Å²) < 4.78 is 4.97. The average molecular weight is 492 g/mol. The first-order chi connectivity index (χ1) is 15.9. The highest BCUT2D eigenvalue weighted by molar-refractivity contribution is 7.99. The first-order valence-corrected chi connectivity index (χ1v) is 12.3. The van der Waals surface area contributed by atoms with E-state index in [1.807, 2.05) is 43.0 Å². The van der Waals surface area contributed by atoms with E-state index in [2.05, 4.69) is 20.2 Å². The SMILES string of the molecule is COCCCNC(=O)CSc1nc(Cl)cc(N2CCN(C(=O)c3ccc(C)cc3)C(C)C2)n1. The minimum atomic E-state index is -0.0851. The van der Waals surface area contributed by atoms with Gasteiger partial charge in [0, 0.05) is 57.6 Å². The third kappa shape index (κ3) is 7.31. The summed E-state index contributed by atoms with van der Waals surface area (Å²) >= 11 is 7.49. The molecule has 178 valence electrons. The van der Waals surface area contributed by atoms with E-state index in [0.29, 0.717) is 54.5 Å². The fraction of sp³-hybridized carbons (Fsp3) is 0.478. The molecule has 2 amide bonds. The van der Waals surface area contributed by atoms with E-state index in [1.165, 1.54) is 11.8 Å². The Morgan fingerprint density at radius 1 is 1.24 bits per heavy atom. The number of rotatable bonds is 9. The molecule has 1 aromatic heterocycles. The first-order valence-electron chi connectivity index (χ1n) is 10.9. The molecule has 2 aromatic rings. The van der Waals surface area contributed by atoms with Crippen LogP contribution in [0.2, 0.25) is 5.15 Å². The van der Waals surface area contributed by atoms with Crippen molar-refractivity contribution >= 4 is 41.0 Å². The molecule has 0 saturated carbocycles. The second-order valence-electron chi connectivity index (χ2n) is 7.98. The standard InChI is InChI=1S/C23H30ClN5O3S/c1-16-5-7-18(8-6-16)22(31)29-11-10-28(14-17(29)2)20-13-19(24)26-23(27-20)33-15-21(30)25-9-4-12-32-3/h5-8,13,17H,4,9-12,14-15H2,1-3H3,(H,25,30). The Bertz CT molecular complexity index is 960. The van der Waals surface area contributed by atoms with E-state index >= 15 is 0 Å². The number of nitrogens with zero attached hydrogens (tertiary/aromatic N) is 4. The molecule has 0 aliphatic carbocycles. The molecule has 1 aliphatic heterocycles. The van der Waals surface area contributed by atoms with Gasteiger partial charge in [0.1, 0.15) is 11.0 Å². The van der Waals surface area contributed by atoms with Crippen molar-refractivity contribution in [3.8, 4) is 0 Å². The predicted octanol–water partition coefficient (Wildman–Crippen LogP) is 3.03. The summed E-state index contributed by atoms with van der Waals surface area (Å²) in [4.78, 5) is 37.8. The molecule has 2 heterocycles. The smallest absolute Gasteiger partial charge is 0.254 e. The lowest BCUT2D eigenvalue weighted by atomic mass is 10.1. The maximum atomic E-state index is 12.9. The van der Waals surface area contributed by atoms with Crippen molar-refractivity contribution in [2.75, 3.05) is 50.5 Å². The fourth-order valence-electron chi connectivity index (χ4n) is 3.57. The van der Waals surface area contributed by atoms with E-state index in [0.717, 1.165) is 12.0 Å². The molecule has 33 heavy (non-hydrogen) atoms. The van der Waals surface area contributed by atoms with Gasteiger partial charge in [-0.05, 0) is 32.4 Å². The van der Waals surface area contributed by atoms with Gasteiger partial charge in [-0.2, -0.15) is 0 Å². The van der Waals surface area contributed by atoms with E-state index in [-0.39, 0.29) is 23.6 Å². The molecule has 8 nitrogen and oxygen atoms in total. The molecule has 10 heteroatoms. The van der Waals surface area contributed by atoms with Crippen LogP contribution in [0, 0.1) is 6.92 Å². The summed E-state index contributed by atoms with van der Waals surface area (Å²) in [5.41, 5.74) is 1.83. The maximum absolute atomic E-state index is 12.9. The lowest BCUT2D eigenvalue weighted by Gasteiger charge is -2.40. The summed E-state index contributed by atoms with van der Waals surface area (Å²) in [5.74, 6) is 0.864. The molecular formula is C23H30ClN5O3S. The van der Waals surface area contributed by atoms with Crippen LogP contribution >= 0.6 is 23.4 Å². The summed E-state index contributed by atoms with van der Waals surface area (Å²) in [5, 5.41) is 3.62. The van der Waals surface area contributed by atoms with Crippen molar-refractivity contribution in [1.29, 1.82) is 0 Å². The number of hydrogen-bond donors (Lipinski definition) is 1. The minimum Gasteiger partial charge on any atom is -0.385 e. The number of halogens is 1. The zero-order valence-corrected chi connectivity index (χ0v) is 20.8. The minimum absolute atomic E-state index is 0.00951. The number of aryl methyl sites for hydroxylation is 1. The highest BCUT2D eigenvalue weighted by atomic mass is 35.5. The molecule has 1 aliphatic rings. The van der Waals surface area contributed by atoms with Crippen LogP contribution in [-0.2, 0) is 9.53 Å². The fourth-order valence-corrected chi connectivity index (χ4v) is 4.48. The number of anilines is 1. The first kappa shape index (κ1) is 25.3. The third-order valence-electron chi connectivity index (χ3n) is 5.35. The van der Waals surface area contributed by atoms with Gasteiger partial charge in [-0.25, -0.2) is 9.97 Å². The van der Waals surface area contributed by atoms with Crippen LogP contribution in [0.5, 0.6) is 0 Å². The van der Waals surface area contributed by atoms with Gasteiger partial charge in [-0.3, -0.25) is 9.59 Å². The molecule has 1 saturated heterocycles. The summed E-state index contributed by atoms with van der Waals surface area (Å²) in [6.45, 7) is 7.07. The Balaban J connectivity index is 1.58. The monoisotopic (exact) mass is 491 g/mol. The lowest BCUT2D eigenvalue weighted by molar-refractivity contribution is -0.118. The molecule has 3 rings (SSSR count). The van der Waals surface area contributed by atoms with Crippen LogP contribution in [0.3, 0.4) is 0 Å². The third-order valence-corrected chi connectivity index (χ3v) is 6.39. The van der Waals surface area contributed by atoms with Gasteiger partial charge in [0.2, 0.25) is 5.91 Å². The van der Waals surface area contributed by atoms with Gasteiger partial charge in [0.25, 0.3) is 5.91 Å². The number of carbonyl (C=O) groups is 2. The quantitative estimate of drug-likeness (QED) is 0.249. The normalized spacial score (nSPS) is 16.1. The van der Waals surface area contributed by atoms with Gasteiger partial charge in [0.15, 0.2) is 5.16 Å². The zero-order valence-electron chi connectivity index (χ0n) is 19.2. The number of nitrogens with one attached hydrogen (secondary N) is 1. The number of thioether (sulfide) groups is 1. The van der Waals surface area contributed by atoms with Gasteiger partial charge < -0.3 is 19.9 Å². The molecule has 1 aromatic carbocycles. The number of aromatic nitrogens is 2. The Labute approximate surface area is 204 Å². The van der Waals surface area contributed by atoms with Gasteiger partial charge in [-0.15, -0.1) is 0 Å². The van der Waals surface area contributed by atoms with Crippen molar-refractivity contribution in [2.45, 2.75) is 31.5 Å². The molecule has 0 radical (unpaired) electrons. The maximum Gasteiger partial charge on any atom is 0.254 e. The number of carbonyl (C=O) groups excluding carboxylic acids is 2. The summed E-state index contributed by atoms with van der Waals surface area (Å²) in [6, 6.07) is 9.39. The second-order valence-corrected chi connectivity index (χ2v) is 9.31.